The third kappa shape index (κ3) is 6.20. The number of phenolic OH excluding ortho intramolecular Hbond substituents is 1. The van der Waals surface area contributed by atoms with E-state index in [9.17, 15) is 44.0 Å². The highest BCUT2D eigenvalue weighted by molar-refractivity contribution is 7.86. The van der Waals surface area contributed by atoms with Gasteiger partial charge in [-0.2, -0.15) is 30.4 Å². The van der Waals surface area contributed by atoms with Crippen LogP contribution in [0.3, 0.4) is 0 Å². The van der Waals surface area contributed by atoms with Gasteiger partial charge in [0.25, 0.3) is 30.4 Å². The molecule has 0 saturated heterocycles. The van der Waals surface area contributed by atoms with Gasteiger partial charge in [-0.25, -0.2) is 0 Å². The van der Waals surface area contributed by atoms with E-state index < -0.39 is 84.3 Å². The van der Waals surface area contributed by atoms with Crippen molar-refractivity contribution in [3.05, 3.63) is 60.2 Å². The molecule has 0 atom stereocenters. The molecule has 42 heavy (non-hydrogen) atoms. The quantitative estimate of drug-likeness (QED) is 0.0922. The van der Waals surface area contributed by atoms with Crippen molar-refractivity contribution in [1.82, 2.24) is 0 Å². The summed E-state index contributed by atoms with van der Waals surface area (Å²) in [4.78, 5) is -2.79. The molecule has 0 saturated carbocycles. The third-order valence-electron chi connectivity index (χ3n) is 5.69. The second-order valence-corrected chi connectivity index (χ2v) is 12.9. The monoisotopic (exact) mass is 636 g/mol. The molecule has 0 spiro atoms. The molecule has 0 aliphatic rings. The highest BCUT2D eigenvalue weighted by atomic mass is 32.2. The number of hydrogen-bond acceptors (Lipinski definition) is 13. The molecule has 8 N–H and O–H groups in total. The van der Waals surface area contributed by atoms with Crippen LogP contribution in [0, 0.1) is 6.92 Å². The number of nitrogen functional groups attached to an aromatic ring is 2. The predicted molar refractivity (Wildman–Crippen MR) is 150 cm³/mol. The van der Waals surface area contributed by atoms with E-state index in [1.165, 1.54) is 0 Å². The molecule has 0 bridgehead atoms. The topological polar surface area (TPSA) is 285 Å². The molecule has 0 aliphatic heterocycles. The number of nitrogens with two attached hydrogens (primary N) is 2. The summed E-state index contributed by atoms with van der Waals surface area (Å²) in [6.07, 6.45) is 0. The van der Waals surface area contributed by atoms with E-state index in [-0.39, 0.29) is 11.4 Å². The fourth-order valence-corrected chi connectivity index (χ4v) is 5.69. The highest BCUT2D eigenvalue weighted by Gasteiger charge is 2.28. The number of aromatic hydroxyl groups is 1. The zero-order chi connectivity index (χ0) is 31.2. The van der Waals surface area contributed by atoms with E-state index in [1.54, 1.807) is 24.3 Å². The van der Waals surface area contributed by atoms with Gasteiger partial charge in [-0.15, -0.1) is 15.3 Å². The first-order chi connectivity index (χ1) is 19.4. The molecule has 19 heteroatoms. The maximum Gasteiger partial charge on any atom is 0.296 e. The van der Waals surface area contributed by atoms with Crippen LogP contribution in [-0.4, -0.2) is 44.0 Å². The summed E-state index contributed by atoms with van der Waals surface area (Å²) in [6.45, 7) is 1.81. The van der Waals surface area contributed by atoms with Crippen molar-refractivity contribution >= 4 is 75.3 Å². The highest BCUT2D eigenvalue weighted by Crippen LogP contribution is 2.48. The fraction of sp³-hybridized carbons (Fsp3) is 0.0435. The lowest BCUT2D eigenvalue weighted by atomic mass is 10.1. The van der Waals surface area contributed by atoms with E-state index in [0.717, 1.165) is 29.8 Å². The lowest BCUT2D eigenvalue weighted by molar-refractivity contribution is 0.472. The average molecular weight is 637 g/mol. The molecular weight excluding hydrogens is 616 g/mol. The molecule has 0 radical (unpaired) electrons. The van der Waals surface area contributed by atoms with Gasteiger partial charge in [0.2, 0.25) is 0 Å². The largest absolute Gasteiger partial charge is 0.505 e. The van der Waals surface area contributed by atoms with Gasteiger partial charge in [0, 0.05) is 5.69 Å². The Morgan fingerprint density at radius 1 is 0.643 bits per heavy atom. The summed E-state index contributed by atoms with van der Waals surface area (Å²) in [7, 11) is -15.1. The standard InChI is InChI=1S/C23H20N6O10S3/c1-11-2-5-14(6-3-11)26-28-21-17(41(34,35)36)8-12-9-18(42(37,38)39)22(23(30)19(12)20(21)25)29-27-15-10-13(24)4-7-16(15)40(31,32)33/h2-10,30H,24-25H2,1H3,(H,31,32,33)(H,34,35,36)(H,37,38,39). The molecule has 0 unspecified atom stereocenters. The van der Waals surface area contributed by atoms with Gasteiger partial charge in [0.1, 0.15) is 31.7 Å². The fourth-order valence-electron chi connectivity index (χ4n) is 3.76. The SMILES string of the molecule is Cc1ccc(N=Nc2c(S(=O)(=O)O)cc3cc(S(=O)(=O)O)c(N=Nc4cc(N)ccc4S(=O)(=O)O)c(O)c3c2N)cc1. The van der Waals surface area contributed by atoms with E-state index >= 15 is 0 Å². The van der Waals surface area contributed by atoms with Crippen molar-refractivity contribution in [3.8, 4) is 5.75 Å². The number of fused-ring (bicyclic) bond motifs is 1. The van der Waals surface area contributed by atoms with Crippen LogP contribution < -0.4 is 11.5 Å². The minimum absolute atomic E-state index is 0.0281. The van der Waals surface area contributed by atoms with Crippen LogP contribution in [0.2, 0.25) is 0 Å². The van der Waals surface area contributed by atoms with Crippen molar-refractivity contribution in [1.29, 1.82) is 0 Å². The van der Waals surface area contributed by atoms with Crippen molar-refractivity contribution in [2.24, 2.45) is 20.5 Å². The normalized spacial score (nSPS) is 13.0. The Bertz CT molecular complexity index is 2150. The van der Waals surface area contributed by atoms with E-state index in [0.29, 0.717) is 6.07 Å². The van der Waals surface area contributed by atoms with Crippen molar-refractivity contribution in [2.75, 3.05) is 11.5 Å². The summed E-state index contributed by atoms with van der Waals surface area (Å²) in [5, 5.41) is 25.1. The van der Waals surface area contributed by atoms with Crippen LogP contribution in [0.25, 0.3) is 10.8 Å². The molecule has 0 fully saturated rings. The van der Waals surface area contributed by atoms with Crippen LogP contribution in [0.5, 0.6) is 5.75 Å². The summed E-state index contributed by atoms with van der Waals surface area (Å²) >= 11 is 0. The number of aryl methyl sites for hydroxylation is 1. The van der Waals surface area contributed by atoms with Crippen LogP contribution in [0.15, 0.2) is 89.7 Å². The minimum Gasteiger partial charge on any atom is -0.505 e. The van der Waals surface area contributed by atoms with E-state index in [2.05, 4.69) is 20.5 Å². The van der Waals surface area contributed by atoms with E-state index in [4.69, 9.17) is 11.5 Å². The number of nitrogens with zero attached hydrogens (tertiary/aromatic N) is 4. The molecule has 0 amide bonds. The Kier molecular flexibility index (Phi) is 7.76. The molecule has 4 aromatic carbocycles. The smallest absolute Gasteiger partial charge is 0.296 e. The Hall–Kier alpha value is -4.53. The van der Waals surface area contributed by atoms with Gasteiger partial charge in [-0.05, 0) is 54.8 Å². The predicted octanol–water partition coefficient (Wildman–Crippen LogP) is 4.59. The second kappa shape index (κ2) is 10.7. The Morgan fingerprint density at radius 2 is 1.17 bits per heavy atom. The van der Waals surface area contributed by atoms with Crippen molar-refractivity contribution in [3.63, 3.8) is 0 Å². The van der Waals surface area contributed by atoms with Gasteiger partial charge in [-0.3, -0.25) is 13.7 Å². The lowest BCUT2D eigenvalue weighted by Gasteiger charge is -2.14. The average Bonchev–Trinajstić information content (AvgIpc) is 2.86. The maximum absolute atomic E-state index is 12.2. The summed E-state index contributed by atoms with van der Waals surface area (Å²) < 4.78 is 101. The maximum atomic E-state index is 12.2. The van der Waals surface area contributed by atoms with Crippen LogP contribution in [-0.2, 0) is 30.4 Å². The molecule has 0 aromatic heterocycles. The first-order valence-electron chi connectivity index (χ1n) is 11.2. The summed E-state index contributed by atoms with van der Waals surface area (Å²) in [5.74, 6) is -1.06. The summed E-state index contributed by atoms with van der Waals surface area (Å²) in [5.41, 5.74) is 10.1. The number of benzene rings is 4. The molecule has 220 valence electrons. The molecule has 0 aliphatic carbocycles. The van der Waals surface area contributed by atoms with Gasteiger partial charge >= 0.3 is 0 Å². The third-order valence-corrected chi connectivity index (χ3v) is 8.32. The van der Waals surface area contributed by atoms with Crippen LogP contribution in [0.4, 0.5) is 34.1 Å². The van der Waals surface area contributed by atoms with Gasteiger partial charge < -0.3 is 16.6 Å². The first-order valence-corrected chi connectivity index (χ1v) is 15.5. The Morgan fingerprint density at radius 3 is 1.71 bits per heavy atom. The minimum atomic E-state index is -5.22. The Balaban J connectivity index is 2.05. The molecule has 16 nitrogen and oxygen atoms in total. The number of phenols is 1. The van der Waals surface area contributed by atoms with Crippen molar-refractivity contribution < 1.29 is 44.0 Å². The van der Waals surface area contributed by atoms with Gasteiger partial charge in [0.05, 0.1) is 16.8 Å². The number of anilines is 2. The van der Waals surface area contributed by atoms with Crippen LogP contribution >= 0.6 is 0 Å². The van der Waals surface area contributed by atoms with E-state index in [1.807, 2.05) is 6.92 Å². The Labute approximate surface area is 238 Å². The summed E-state index contributed by atoms with van der Waals surface area (Å²) in [6, 6.07) is 10.9. The molecule has 0 heterocycles. The van der Waals surface area contributed by atoms with Gasteiger partial charge in [0.15, 0.2) is 5.75 Å². The van der Waals surface area contributed by atoms with Gasteiger partial charge in [-0.1, -0.05) is 17.7 Å². The zero-order valence-corrected chi connectivity index (χ0v) is 23.6. The lowest BCUT2D eigenvalue weighted by Crippen LogP contribution is -2.04. The number of rotatable bonds is 7. The molecule has 4 aromatic rings. The first kappa shape index (κ1) is 30.4. The number of azo groups is 2. The number of hydrogen-bond donors (Lipinski definition) is 6. The molecule has 4 rings (SSSR count). The van der Waals surface area contributed by atoms with Crippen molar-refractivity contribution in [2.45, 2.75) is 21.6 Å². The van der Waals surface area contributed by atoms with Crippen LogP contribution in [0.1, 0.15) is 5.56 Å². The second-order valence-electron chi connectivity index (χ2n) is 8.69. The zero-order valence-electron chi connectivity index (χ0n) is 21.1. The molecular formula is C23H20N6O10S3.